The average Bonchev–Trinajstić information content (AvgIpc) is 2.57. The Morgan fingerprint density at radius 3 is 1.73 bits per heavy atom. The molecule has 2 aromatic carbocycles. The number of hydrogen-bond donors (Lipinski definition) is 1. The van der Waals surface area contributed by atoms with Crippen LogP contribution in [0.2, 0.25) is 0 Å². The molecule has 0 fully saturated rings. The van der Waals surface area contributed by atoms with Crippen molar-refractivity contribution in [2.75, 3.05) is 5.84 Å². The Kier molecular flexibility index (Phi) is 3.55. The lowest BCUT2D eigenvalue weighted by Crippen LogP contribution is -2.32. The molecule has 0 bridgehead atoms. The predicted octanol–water partition coefficient (Wildman–Crippen LogP) is 3.51. The van der Waals surface area contributed by atoms with Crippen molar-refractivity contribution in [3.8, 4) is 22.3 Å². The molecule has 3 heteroatoms. The highest BCUT2D eigenvalue weighted by molar-refractivity contribution is 5.86. The van der Waals surface area contributed by atoms with E-state index in [1.54, 1.807) is 0 Å². The Labute approximate surface area is 129 Å². The molecule has 2 N–H and O–H groups in total. The number of pyridine rings is 1. The summed E-state index contributed by atoms with van der Waals surface area (Å²) in [5.41, 5.74) is 5.32. The topological polar surface area (TPSA) is 48.0 Å². The highest BCUT2D eigenvalue weighted by atomic mass is 16.1. The van der Waals surface area contributed by atoms with E-state index in [-0.39, 0.29) is 5.56 Å². The monoisotopic (exact) mass is 290 g/mol. The number of nitrogens with two attached hydrogens (primary N) is 1. The molecule has 110 valence electrons. The zero-order chi connectivity index (χ0) is 15.7. The van der Waals surface area contributed by atoms with Gasteiger partial charge in [-0.05, 0) is 30.5 Å². The van der Waals surface area contributed by atoms with Gasteiger partial charge in [-0.2, -0.15) is 0 Å². The lowest BCUT2D eigenvalue weighted by Gasteiger charge is -2.18. The van der Waals surface area contributed by atoms with Crippen molar-refractivity contribution < 1.29 is 0 Å². The molecule has 0 aliphatic carbocycles. The fourth-order valence-corrected chi connectivity index (χ4v) is 2.85. The SMILES string of the molecule is Cc1c(-c2ccccc2)c(-c2ccccc2)c(C)n(N)c1=O. The summed E-state index contributed by atoms with van der Waals surface area (Å²) < 4.78 is 1.24. The van der Waals surface area contributed by atoms with Gasteiger partial charge in [-0.15, -0.1) is 0 Å². The second-order valence-corrected chi connectivity index (χ2v) is 5.37. The van der Waals surface area contributed by atoms with Gasteiger partial charge in [0.25, 0.3) is 5.56 Å². The van der Waals surface area contributed by atoms with Gasteiger partial charge in [-0.25, -0.2) is 4.68 Å². The molecule has 1 heterocycles. The summed E-state index contributed by atoms with van der Waals surface area (Å²) in [6, 6.07) is 20.0. The predicted molar refractivity (Wildman–Crippen MR) is 91.2 cm³/mol. The highest BCUT2D eigenvalue weighted by Crippen LogP contribution is 2.35. The fourth-order valence-electron chi connectivity index (χ4n) is 2.85. The molecular formula is C19H18N2O. The molecule has 0 saturated heterocycles. The van der Waals surface area contributed by atoms with Crippen LogP contribution in [0, 0.1) is 13.8 Å². The van der Waals surface area contributed by atoms with E-state index < -0.39 is 0 Å². The van der Waals surface area contributed by atoms with E-state index in [1.165, 1.54) is 4.68 Å². The summed E-state index contributed by atoms with van der Waals surface area (Å²) in [5.74, 6) is 5.97. The molecule has 0 amide bonds. The highest BCUT2D eigenvalue weighted by Gasteiger charge is 2.18. The number of nitrogens with zero attached hydrogens (tertiary/aromatic N) is 1. The van der Waals surface area contributed by atoms with Gasteiger partial charge in [-0.1, -0.05) is 60.7 Å². The van der Waals surface area contributed by atoms with Crippen molar-refractivity contribution in [2.45, 2.75) is 13.8 Å². The van der Waals surface area contributed by atoms with Gasteiger partial charge in [0.1, 0.15) is 0 Å². The van der Waals surface area contributed by atoms with Crippen LogP contribution in [0.4, 0.5) is 0 Å². The molecule has 0 unspecified atom stereocenters. The Morgan fingerprint density at radius 1 is 0.773 bits per heavy atom. The van der Waals surface area contributed by atoms with Gasteiger partial charge in [0.2, 0.25) is 0 Å². The molecule has 0 aliphatic heterocycles. The lowest BCUT2D eigenvalue weighted by atomic mass is 9.91. The number of benzene rings is 2. The molecule has 0 atom stereocenters. The minimum absolute atomic E-state index is 0.156. The van der Waals surface area contributed by atoms with Crippen LogP contribution in [-0.2, 0) is 0 Å². The van der Waals surface area contributed by atoms with Crippen LogP contribution in [0.15, 0.2) is 65.5 Å². The number of hydrogen-bond acceptors (Lipinski definition) is 2. The van der Waals surface area contributed by atoms with E-state index in [9.17, 15) is 4.79 Å². The molecule has 22 heavy (non-hydrogen) atoms. The third-order valence-corrected chi connectivity index (χ3v) is 4.01. The van der Waals surface area contributed by atoms with Crippen molar-refractivity contribution in [1.29, 1.82) is 0 Å². The fraction of sp³-hybridized carbons (Fsp3) is 0.105. The minimum Gasteiger partial charge on any atom is -0.336 e. The number of aromatic nitrogens is 1. The summed E-state index contributed by atoms with van der Waals surface area (Å²) in [7, 11) is 0. The van der Waals surface area contributed by atoms with Gasteiger partial charge >= 0.3 is 0 Å². The first-order valence-electron chi connectivity index (χ1n) is 7.23. The maximum absolute atomic E-state index is 12.4. The van der Waals surface area contributed by atoms with Gasteiger partial charge in [0.05, 0.1) is 0 Å². The lowest BCUT2D eigenvalue weighted by molar-refractivity contribution is 0.877. The molecule has 3 nitrogen and oxygen atoms in total. The maximum atomic E-state index is 12.4. The van der Waals surface area contributed by atoms with Crippen molar-refractivity contribution in [3.63, 3.8) is 0 Å². The van der Waals surface area contributed by atoms with Crippen LogP contribution in [0.3, 0.4) is 0 Å². The molecule has 0 radical (unpaired) electrons. The van der Waals surface area contributed by atoms with E-state index in [1.807, 2.05) is 74.5 Å². The number of rotatable bonds is 2. The third-order valence-electron chi connectivity index (χ3n) is 4.01. The first kappa shape index (κ1) is 14.1. The molecular weight excluding hydrogens is 272 g/mol. The molecule has 0 aliphatic rings. The normalized spacial score (nSPS) is 10.6. The van der Waals surface area contributed by atoms with Crippen molar-refractivity contribution in [3.05, 3.63) is 82.3 Å². The zero-order valence-electron chi connectivity index (χ0n) is 12.7. The second-order valence-electron chi connectivity index (χ2n) is 5.37. The largest absolute Gasteiger partial charge is 0.336 e. The Bertz CT molecular complexity index is 865. The van der Waals surface area contributed by atoms with Gasteiger partial charge in [0, 0.05) is 16.8 Å². The van der Waals surface area contributed by atoms with Crippen LogP contribution < -0.4 is 11.4 Å². The van der Waals surface area contributed by atoms with Crippen LogP contribution >= 0.6 is 0 Å². The zero-order valence-corrected chi connectivity index (χ0v) is 12.7. The Hall–Kier alpha value is -2.81. The Morgan fingerprint density at radius 2 is 1.23 bits per heavy atom. The van der Waals surface area contributed by atoms with Crippen molar-refractivity contribution >= 4 is 0 Å². The van der Waals surface area contributed by atoms with E-state index in [2.05, 4.69) is 0 Å². The average molecular weight is 290 g/mol. The van der Waals surface area contributed by atoms with E-state index in [4.69, 9.17) is 5.84 Å². The molecule has 3 rings (SSSR count). The summed E-state index contributed by atoms with van der Waals surface area (Å²) in [4.78, 5) is 12.4. The number of nitrogen functional groups attached to an aromatic ring is 1. The van der Waals surface area contributed by atoms with E-state index in [0.717, 1.165) is 27.9 Å². The summed E-state index contributed by atoms with van der Waals surface area (Å²) in [5, 5.41) is 0. The van der Waals surface area contributed by atoms with E-state index >= 15 is 0 Å². The first-order chi connectivity index (χ1) is 10.6. The van der Waals surface area contributed by atoms with Crippen molar-refractivity contribution in [1.82, 2.24) is 4.68 Å². The molecule has 0 spiro atoms. The second kappa shape index (κ2) is 5.53. The Balaban J connectivity index is 2.45. The molecule has 3 aromatic rings. The summed E-state index contributed by atoms with van der Waals surface area (Å²) in [6.45, 7) is 3.72. The van der Waals surface area contributed by atoms with Crippen LogP contribution in [0.1, 0.15) is 11.3 Å². The van der Waals surface area contributed by atoms with Crippen molar-refractivity contribution in [2.24, 2.45) is 0 Å². The first-order valence-corrected chi connectivity index (χ1v) is 7.23. The quantitative estimate of drug-likeness (QED) is 0.734. The third kappa shape index (κ3) is 2.21. The summed E-state index contributed by atoms with van der Waals surface area (Å²) >= 11 is 0. The smallest absolute Gasteiger partial charge is 0.272 e. The minimum atomic E-state index is -0.156. The van der Waals surface area contributed by atoms with Crippen LogP contribution in [0.25, 0.3) is 22.3 Å². The van der Waals surface area contributed by atoms with E-state index in [0.29, 0.717) is 5.56 Å². The molecule has 0 saturated carbocycles. The maximum Gasteiger partial charge on any atom is 0.272 e. The van der Waals surface area contributed by atoms with Gasteiger partial charge < -0.3 is 5.84 Å². The standard InChI is InChI=1S/C19H18N2O/c1-13-17(15-9-5-3-6-10-15)18(14(2)21(20)19(13)22)16-11-7-4-8-12-16/h3-12H,20H2,1-2H3. The van der Waals surface area contributed by atoms with Gasteiger partial charge in [-0.3, -0.25) is 4.79 Å². The summed E-state index contributed by atoms with van der Waals surface area (Å²) in [6.07, 6.45) is 0. The molecule has 1 aromatic heterocycles. The van der Waals surface area contributed by atoms with Gasteiger partial charge in [0.15, 0.2) is 0 Å². The van der Waals surface area contributed by atoms with Crippen LogP contribution in [-0.4, -0.2) is 4.68 Å². The van der Waals surface area contributed by atoms with Crippen LogP contribution in [0.5, 0.6) is 0 Å².